The Bertz CT molecular complexity index is 1100. The molecule has 10 unspecified atom stereocenters. The van der Waals surface area contributed by atoms with Crippen molar-refractivity contribution < 1.29 is 71.3 Å². The first kappa shape index (κ1) is 37.6. The summed E-state index contributed by atoms with van der Waals surface area (Å²) < 4.78 is 58.3. The highest BCUT2D eigenvalue weighted by Crippen LogP contribution is 2.40. The van der Waals surface area contributed by atoms with Gasteiger partial charge in [0.1, 0.15) is 37.1 Å². The molecule has 0 aromatic carbocycles. The van der Waals surface area contributed by atoms with E-state index in [1.807, 2.05) is 0 Å². The van der Waals surface area contributed by atoms with E-state index in [0.29, 0.717) is 12.5 Å². The molecule has 0 aromatic heterocycles. The molecule has 0 bridgehead atoms. The van der Waals surface area contributed by atoms with E-state index in [4.69, 9.17) is 47.4 Å². The molecule has 3 saturated heterocycles. The van der Waals surface area contributed by atoms with Crippen molar-refractivity contribution in [2.75, 3.05) is 19.8 Å². The highest BCUT2D eigenvalue weighted by Gasteiger charge is 2.58. The molecule has 46 heavy (non-hydrogen) atoms. The minimum atomic E-state index is -1.38. The van der Waals surface area contributed by atoms with Gasteiger partial charge in [-0.2, -0.15) is 0 Å². The van der Waals surface area contributed by atoms with E-state index in [1.54, 1.807) is 13.8 Å². The molecule has 16 nitrogen and oxygen atoms in total. The number of hydrogen-bond donors (Lipinski definition) is 1. The number of ether oxygens (including phenoxy) is 10. The normalized spacial score (nSPS) is 32.3. The molecule has 0 saturated carbocycles. The largest absolute Gasteiger partial charge is 0.463 e. The van der Waals surface area contributed by atoms with E-state index in [9.17, 15) is 24.0 Å². The van der Waals surface area contributed by atoms with Crippen LogP contribution in [0.4, 0.5) is 0 Å². The van der Waals surface area contributed by atoms with E-state index in [2.05, 4.69) is 19.2 Å². The quantitative estimate of drug-likeness (QED) is 0.204. The molecule has 3 heterocycles. The van der Waals surface area contributed by atoms with Gasteiger partial charge in [-0.05, 0) is 26.2 Å². The Morgan fingerprint density at radius 2 is 1.46 bits per heavy atom. The number of rotatable bonds is 14. The summed E-state index contributed by atoms with van der Waals surface area (Å²) in [5.74, 6) is -3.90. The molecule has 1 N–H and O–H groups in total. The third kappa shape index (κ3) is 10.6. The lowest BCUT2D eigenvalue weighted by Gasteiger charge is -2.45. The van der Waals surface area contributed by atoms with Crippen molar-refractivity contribution in [3.8, 4) is 0 Å². The standard InChI is InChI=1S/C30H47NO15/c1-14(2)10-11-37-26-24(44-29-27(26)45-30(8,9)46-29)20(40-17(5)34)13-39-28-22(31-15(3)32)25(42-19(7)36)23(41-18(6)35)21(43-28)12-38-16(4)33/h14,20-29H,10-13H2,1-9H3,(H,31,32). The average molecular weight is 662 g/mol. The Morgan fingerprint density at radius 3 is 2.02 bits per heavy atom. The fourth-order valence-corrected chi connectivity index (χ4v) is 5.46. The SMILES string of the molecule is CC(=O)NC1C(OCC(OC(C)=O)C2OC3OC(C)(C)OC3C2OCCC(C)C)OC(COC(C)=O)C(OC(C)=O)C1OC(C)=O. The van der Waals surface area contributed by atoms with Gasteiger partial charge in [0.25, 0.3) is 0 Å². The van der Waals surface area contributed by atoms with Gasteiger partial charge in [0, 0.05) is 41.2 Å². The van der Waals surface area contributed by atoms with Crippen LogP contribution in [0.5, 0.6) is 0 Å². The van der Waals surface area contributed by atoms with Gasteiger partial charge in [-0.25, -0.2) is 0 Å². The molecule has 0 radical (unpaired) electrons. The monoisotopic (exact) mass is 661 g/mol. The fraction of sp³-hybridized carbons (Fsp3) is 0.833. The van der Waals surface area contributed by atoms with Gasteiger partial charge in [-0.1, -0.05) is 13.8 Å². The highest BCUT2D eigenvalue weighted by atomic mass is 16.8. The molecule has 3 aliphatic heterocycles. The summed E-state index contributed by atoms with van der Waals surface area (Å²) in [6, 6.07) is -1.22. The van der Waals surface area contributed by atoms with Crippen LogP contribution in [0.3, 0.4) is 0 Å². The van der Waals surface area contributed by atoms with Crippen LogP contribution in [0.2, 0.25) is 0 Å². The van der Waals surface area contributed by atoms with Gasteiger partial charge >= 0.3 is 23.9 Å². The predicted molar refractivity (Wildman–Crippen MR) is 153 cm³/mol. The molecule has 1 amide bonds. The molecule has 3 aliphatic rings. The van der Waals surface area contributed by atoms with Gasteiger partial charge in [0.15, 0.2) is 36.7 Å². The van der Waals surface area contributed by atoms with Crippen LogP contribution in [0.15, 0.2) is 0 Å². The van der Waals surface area contributed by atoms with Gasteiger partial charge < -0.3 is 52.7 Å². The second kappa shape index (κ2) is 16.3. The van der Waals surface area contributed by atoms with E-state index in [0.717, 1.165) is 20.3 Å². The highest BCUT2D eigenvalue weighted by molar-refractivity contribution is 5.73. The van der Waals surface area contributed by atoms with Crippen LogP contribution >= 0.6 is 0 Å². The predicted octanol–water partition coefficient (Wildman–Crippen LogP) is 0.899. The molecule has 262 valence electrons. The van der Waals surface area contributed by atoms with Crippen LogP contribution in [-0.4, -0.2) is 117 Å². The van der Waals surface area contributed by atoms with Gasteiger partial charge in [-0.15, -0.1) is 0 Å². The molecule has 0 spiro atoms. The van der Waals surface area contributed by atoms with Crippen molar-refractivity contribution in [1.82, 2.24) is 5.32 Å². The first-order valence-corrected chi connectivity index (χ1v) is 15.3. The minimum absolute atomic E-state index is 0.358. The Hall–Kier alpha value is -2.89. The Morgan fingerprint density at radius 1 is 0.804 bits per heavy atom. The summed E-state index contributed by atoms with van der Waals surface area (Å²) in [4.78, 5) is 60.4. The zero-order valence-corrected chi connectivity index (χ0v) is 27.8. The van der Waals surface area contributed by atoms with E-state index in [-0.39, 0.29) is 6.61 Å². The second-order valence-electron chi connectivity index (χ2n) is 12.3. The molecule has 10 atom stereocenters. The molecular weight excluding hydrogens is 614 g/mol. The third-order valence-electron chi connectivity index (χ3n) is 7.21. The smallest absolute Gasteiger partial charge is 0.303 e. The van der Waals surface area contributed by atoms with Gasteiger partial charge in [0.2, 0.25) is 5.91 Å². The van der Waals surface area contributed by atoms with Crippen LogP contribution in [0.25, 0.3) is 0 Å². The van der Waals surface area contributed by atoms with Crippen molar-refractivity contribution in [2.45, 2.75) is 136 Å². The molecule has 3 rings (SSSR count). The summed E-state index contributed by atoms with van der Waals surface area (Å²) in [6.07, 6.45) is -8.58. The van der Waals surface area contributed by atoms with E-state index in [1.165, 1.54) is 20.8 Å². The lowest BCUT2D eigenvalue weighted by Crippen LogP contribution is -2.67. The van der Waals surface area contributed by atoms with Gasteiger partial charge in [-0.3, -0.25) is 24.0 Å². The van der Waals surface area contributed by atoms with Crippen molar-refractivity contribution in [3.05, 3.63) is 0 Å². The summed E-state index contributed by atoms with van der Waals surface area (Å²) in [5.41, 5.74) is 0. The third-order valence-corrected chi connectivity index (χ3v) is 7.21. The first-order chi connectivity index (χ1) is 21.5. The van der Waals surface area contributed by atoms with Crippen molar-refractivity contribution in [2.24, 2.45) is 5.92 Å². The number of esters is 4. The zero-order valence-electron chi connectivity index (χ0n) is 27.8. The number of carbonyl (C=O) groups is 5. The van der Waals surface area contributed by atoms with Crippen molar-refractivity contribution in [1.29, 1.82) is 0 Å². The Labute approximate surface area is 268 Å². The average Bonchev–Trinajstić information content (AvgIpc) is 3.38. The Balaban J connectivity index is 1.91. The maximum Gasteiger partial charge on any atom is 0.303 e. The summed E-state index contributed by atoms with van der Waals surface area (Å²) in [6.45, 7) is 13.1. The molecule has 0 aromatic rings. The van der Waals surface area contributed by atoms with E-state index < -0.39 is 104 Å². The molecule has 0 aliphatic carbocycles. The van der Waals surface area contributed by atoms with Crippen LogP contribution in [-0.2, 0) is 71.3 Å². The lowest BCUT2D eigenvalue weighted by molar-refractivity contribution is -0.287. The summed E-state index contributed by atoms with van der Waals surface area (Å²) in [5, 5.41) is 2.63. The second-order valence-corrected chi connectivity index (χ2v) is 12.3. The molecule has 16 heteroatoms. The van der Waals surface area contributed by atoms with Crippen LogP contribution < -0.4 is 5.32 Å². The number of nitrogens with one attached hydrogen (secondary N) is 1. The van der Waals surface area contributed by atoms with Crippen LogP contribution in [0, 0.1) is 5.92 Å². The molecular formula is C30H47NO15. The molecule has 3 fully saturated rings. The fourth-order valence-electron chi connectivity index (χ4n) is 5.46. The minimum Gasteiger partial charge on any atom is -0.463 e. The van der Waals surface area contributed by atoms with Crippen molar-refractivity contribution >= 4 is 29.8 Å². The van der Waals surface area contributed by atoms with Crippen LogP contribution in [0.1, 0.15) is 68.7 Å². The lowest BCUT2D eigenvalue weighted by atomic mass is 9.96. The first-order valence-electron chi connectivity index (χ1n) is 15.3. The summed E-state index contributed by atoms with van der Waals surface area (Å²) >= 11 is 0. The zero-order chi connectivity index (χ0) is 34.3. The Kier molecular flexibility index (Phi) is 13.3. The number of carbonyl (C=O) groups excluding carboxylic acids is 5. The van der Waals surface area contributed by atoms with E-state index >= 15 is 0 Å². The number of amides is 1. The van der Waals surface area contributed by atoms with Gasteiger partial charge in [0.05, 0.1) is 6.61 Å². The number of hydrogen-bond acceptors (Lipinski definition) is 15. The summed E-state index contributed by atoms with van der Waals surface area (Å²) in [7, 11) is 0. The topological polar surface area (TPSA) is 190 Å². The number of fused-ring (bicyclic) bond motifs is 1. The maximum atomic E-state index is 12.3. The maximum absolute atomic E-state index is 12.3. The van der Waals surface area contributed by atoms with Crippen molar-refractivity contribution in [3.63, 3.8) is 0 Å².